The Morgan fingerprint density at radius 3 is 1.87 bits per heavy atom. The van der Waals surface area contributed by atoms with Gasteiger partial charge in [-0.3, -0.25) is 0 Å². The Bertz CT molecular complexity index is 1310. The lowest BCUT2D eigenvalue weighted by molar-refractivity contribution is 0.632. The Hall–Kier alpha value is -4.08. The molecule has 3 nitrogen and oxygen atoms in total. The first-order valence-electron chi connectivity index (χ1n) is 14.0. The van der Waals surface area contributed by atoms with E-state index in [9.17, 15) is 0 Å². The van der Waals surface area contributed by atoms with Gasteiger partial charge in [0.15, 0.2) is 0 Å². The average Bonchev–Trinajstić information content (AvgIpc) is 2.93. The Morgan fingerprint density at radius 1 is 0.769 bits per heavy atom. The van der Waals surface area contributed by atoms with E-state index in [-0.39, 0.29) is 5.57 Å². The fourth-order valence-corrected chi connectivity index (χ4v) is 5.05. The average molecular weight is 516 g/mol. The second-order valence-electron chi connectivity index (χ2n) is 10.6. The molecule has 0 amide bonds. The molecule has 2 heterocycles. The van der Waals surface area contributed by atoms with Crippen molar-refractivity contribution in [1.82, 2.24) is 0 Å². The summed E-state index contributed by atoms with van der Waals surface area (Å²) in [6, 6.07) is 8.69. The summed E-state index contributed by atoms with van der Waals surface area (Å²) in [6.45, 7) is 10.7. The van der Waals surface area contributed by atoms with E-state index in [0.29, 0.717) is 0 Å². The molecule has 200 valence electrons. The molecule has 0 bridgehead atoms. The molecule has 0 spiro atoms. The first kappa shape index (κ1) is 29.5. The number of hydrogen-bond donors (Lipinski definition) is 0. The Morgan fingerprint density at radius 2 is 1.31 bits per heavy atom. The fourth-order valence-electron chi connectivity index (χ4n) is 5.05. The minimum Gasteiger partial charge on any atom is -0.371 e. The predicted octanol–water partition coefficient (Wildman–Crippen LogP) is 8.75. The third kappa shape index (κ3) is 9.63. The zero-order valence-corrected chi connectivity index (χ0v) is 24.0. The van der Waals surface area contributed by atoms with Gasteiger partial charge in [-0.05, 0) is 94.6 Å². The van der Waals surface area contributed by atoms with E-state index in [1.807, 2.05) is 56.4 Å². The maximum absolute atomic E-state index is 8.82. The zero-order chi connectivity index (χ0) is 28.0. The highest BCUT2D eigenvalue weighted by atomic mass is 15.1. The monoisotopic (exact) mass is 515 g/mol. The van der Waals surface area contributed by atoms with Crippen LogP contribution in [0.5, 0.6) is 0 Å². The van der Waals surface area contributed by atoms with Crippen molar-refractivity contribution in [1.29, 1.82) is 10.5 Å². The summed E-state index contributed by atoms with van der Waals surface area (Å²) in [4.78, 5) is 2.61. The van der Waals surface area contributed by atoms with Crippen LogP contribution in [-0.2, 0) is 19.3 Å². The van der Waals surface area contributed by atoms with E-state index in [1.165, 1.54) is 55.5 Å². The molecule has 0 unspecified atom stereocenters. The molecule has 0 N–H and O–H groups in total. The quantitative estimate of drug-likeness (QED) is 0.231. The molecule has 1 aromatic rings. The van der Waals surface area contributed by atoms with E-state index in [0.717, 1.165) is 24.0 Å². The number of rotatable bonds is 10. The van der Waals surface area contributed by atoms with Gasteiger partial charge in [0, 0.05) is 18.8 Å². The predicted molar refractivity (Wildman–Crippen MR) is 165 cm³/mol. The maximum Gasteiger partial charge on any atom is 0.129 e. The molecule has 39 heavy (non-hydrogen) atoms. The molecule has 0 radical (unpaired) electrons. The van der Waals surface area contributed by atoms with Crippen LogP contribution in [0.15, 0.2) is 107 Å². The van der Waals surface area contributed by atoms with Crippen molar-refractivity contribution in [2.75, 3.05) is 18.0 Å². The molecule has 0 aliphatic carbocycles. The highest BCUT2D eigenvalue weighted by Gasteiger charge is 2.23. The molecule has 3 rings (SSSR count). The minimum absolute atomic E-state index is 0.111. The van der Waals surface area contributed by atoms with Crippen LogP contribution >= 0.6 is 0 Å². The van der Waals surface area contributed by atoms with Gasteiger partial charge in [-0.25, -0.2) is 0 Å². The lowest BCUT2D eigenvalue weighted by Gasteiger charge is -2.37. The van der Waals surface area contributed by atoms with E-state index >= 15 is 0 Å². The maximum atomic E-state index is 8.82. The van der Waals surface area contributed by atoms with Crippen molar-refractivity contribution in [3.8, 4) is 12.1 Å². The molecule has 0 atom stereocenters. The molecule has 1 aromatic carbocycles. The molecular weight excluding hydrogens is 474 g/mol. The van der Waals surface area contributed by atoms with E-state index in [1.54, 1.807) is 22.9 Å². The number of nitrogens with zero attached hydrogens (tertiary/aromatic N) is 3. The molecule has 0 saturated heterocycles. The Labute approximate surface area is 235 Å². The number of benzene rings is 1. The molecule has 2 aliphatic rings. The van der Waals surface area contributed by atoms with Gasteiger partial charge < -0.3 is 4.90 Å². The number of aryl methyl sites for hydroxylation is 3. The highest BCUT2D eigenvalue weighted by Crippen LogP contribution is 2.36. The van der Waals surface area contributed by atoms with Crippen LogP contribution in [-0.4, -0.2) is 13.1 Å². The summed E-state index contributed by atoms with van der Waals surface area (Å²) in [5, 5.41) is 17.6. The Balaban J connectivity index is 1.48. The summed E-state index contributed by atoms with van der Waals surface area (Å²) >= 11 is 0. The normalized spacial score (nSPS) is 16.5. The second kappa shape index (κ2) is 15.4. The van der Waals surface area contributed by atoms with Crippen molar-refractivity contribution in [2.24, 2.45) is 0 Å². The molecular formula is C36H41N3. The van der Waals surface area contributed by atoms with Crippen molar-refractivity contribution in [3.63, 3.8) is 0 Å². The van der Waals surface area contributed by atoms with E-state index in [2.05, 4.69) is 61.3 Å². The molecule has 2 aliphatic heterocycles. The lowest BCUT2D eigenvalue weighted by atomic mass is 9.89. The van der Waals surface area contributed by atoms with Gasteiger partial charge in [-0.1, -0.05) is 89.6 Å². The third-order valence-electron chi connectivity index (χ3n) is 7.10. The minimum atomic E-state index is 0.111. The van der Waals surface area contributed by atoms with Crippen molar-refractivity contribution < 1.29 is 0 Å². The van der Waals surface area contributed by atoms with Gasteiger partial charge in [0.05, 0.1) is 0 Å². The summed E-state index contributed by atoms with van der Waals surface area (Å²) < 4.78 is 0. The number of allylic oxidation sites excluding steroid dienone is 16. The van der Waals surface area contributed by atoms with E-state index in [4.69, 9.17) is 10.5 Å². The first-order chi connectivity index (χ1) is 18.9. The van der Waals surface area contributed by atoms with Gasteiger partial charge in [-0.15, -0.1) is 0 Å². The first-order valence-corrected chi connectivity index (χ1v) is 14.0. The van der Waals surface area contributed by atoms with E-state index < -0.39 is 0 Å². The smallest absolute Gasteiger partial charge is 0.129 e. The van der Waals surface area contributed by atoms with Crippen molar-refractivity contribution >= 4 is 5.69 Å². The Kier molecular flexibility index (Phi) is 11.6. The van der Waals surface area contributed by atoms with Crippen molar-refractivity contribution in [2.45, 2.75) is 66.2 Å². The SMILES string of the molecule is C\C(C=C(C#N)C#N)=C/C=C/C(C)=C/C=C/C=C(C)/C=C/C=C(\C)CCc1cc2c3c(c1)CCCN3CCC2. The summed E-state index contributed by atoms with van der Waals surface area (Å²) in [6.07, 6.45) is 29.4. The van der Waals surface area contributed by atoms with Gasteiger partial charge >= 0.3 is 0 Å². The largest absolute Gasteiger partial charge is 0.371 e. The third-order valence-corrected chi connectivity index (χ3v) is 7.10. The fraction of sp³-hybridized carbons (Fsp3) is 0.333. The van der Waals surface area contributed by atoms with Crippen LogP contribution in [0.1, 0.15) is 63.6 Å². The zero-order valence-electron chi connectivity index (χ0n) is 24.0. The molecule has 0 saturated carbocycles. The summed E-state index contributed by atoms with van der Waals surface area (Å²) in [5.74, 6) is 0. The lowest BCUT2D eigenvalue weighted by Crippen LogP contribution is -2.34. The van der Waals surface area contributed by atoms with Gasteiger partial charge in [0.25, 0.3) is 0 Å². The van der Waals surface area contributed by atoms with Gasteiger partial charge in [-0.2, -0.15) is 10.5 Å². The van der Waals surface area contributed by atoms with Crippen LogP contribution in [0.3, 0.4) is 0 Å². The standard InChI is InChI=1S/C36H41N3/c1-28(11-5-6-12-29(2)14-8-16-31(4)23-33(26-37)27-38)13-7-15-30(3)19-20-32-24-34-17-9-21-39-22-10-18-35(25-32)36(34)39/h5-8,11-16,23-25H,9-10,17-22H2,1-4H3/b6-5+,13-7+,14-8+,28-11+,29-12+,30-15+,31-16+. The molecule has 3 heteroatoms. The summed E-state index contributed by atoms with van der Waals surface area (Å²) in [5.41, 5.74) is 10.9. The number of nitriles is 2. The van der Waals surface area contributed by atoms with Crippen LogP contribution in [0, 0.1) is 22.7 Å². The van der Waals surface area contributed by atoms with Crippen LogP contribution in [0.2, 0.25) is 0 Å². The topological polar surface area (TPSA) is 50.8 Å². The number of anilines is 1. The van der Waals surface area contributed by atoms with Crippen molar-refractivity contribution in [3.05, 3.63) is 124 Å². The molecule has 0 aromatic heterocycles. The second-order valence-corrected chi connectivity index (χ2v) is 10.6. The molecule has 0 fully saturated rings. The van der Waals surface area contributed by atoms with Crippen LogP contribution in [0.25, 0.3) is 0 Å². The number of hydrogen-bond acceptors (Lipinski definition) is 3. The summed E-state index contributed by atoms with van der Waals surface area (Å²) in [7, 11) is 0. The van der Waals surface area contributed by atoms with Gasteiger partial charge in [0.1, 0.15) is 17.7 Å². The van der Waals surface area contributed by atoms with Crippen LogP contribution in [0.4, 0.5) is 5.69 Å². The van der Waals surface area contributed by atoms with Gasteiger partial charge in [0.2, 0.25) is 0 Å². The van der Waals surface area contributed by atoms with Crippen LogP contribution < -0.4 is 4.90 Å². The highest BCUT2D eigenvalue weighted by molar-refractivity contribution is 5.64.